The Morgan fingerprint density at radius 1 is 1.12 bits per heavy atom. The molecule has 0 aromatic rings. The quantitative estimate of drug-likeness (QED) is 0.592. The van der Waals surface area contributed by atoms with Crippen molar-refractivity contribution in [1.82, 2.24) is 9.80 Å². The fourth-order valence-electron chi connectivity index (χ4n) is 1.71. The highest BCUT2D eigenvalue weighted by molar-refractivity contribution is 5.81. The Bertz CT molecular complexity index is 202. The highest BCUT2D eigenvalue weighted by Gasteiger charge is 2.24. The predicted molar refractivity (Wildman–Crippen MR) is 68.1 cm³/mol. The Labute approximate surface area is 105 Å². The molecule has 1 amide bonds. The lowest BCUT2D eigenvalue weighted by Gasteiger charge is -2.29. The van der Waals surface area contributed by atoms with Crippen LogP contribution in [0.1, 0.15) is 13.3 Å². The second-order valence-electron chi connectivity index (χ2n) is 4.20. The molecule has 0 heterocycles. The normalized spacial score (nSPS) is 12.8. The Morgan fingerprint density at radius 2 is 1.59 bits per heavy atom. The average molecular weight is 246 g/mol. The van der Waals surface area contributed by atoms with E-state index in [0.717, 1.165) is 6.42 Å². The van der Waals surface area contributed by atoms with Gasteiger partial charge in [-0.05, 0) is 20.5 Å². The van der Waals surface area contributed by atoms with E-state index in [4.69, 9.17) is 9.47 Å². The van der Waals surface area contributed by atoms with Crippen LogP contribution in [0.2, 0.25) is 0 Å². The van der Waals surface area contributed by atoms with Gasteiger partial charge in [-0.15, -0.1) is 0 Å². The predicted octanol–water partition coefficient (Wildman–Crippen LogP) is 0.448. The minimum Gasteiger partial charge on any atom is -0.383 e. The van der Waals surface area contributed by atoms with Gasteiger partial charge in [0.2, 0.25) is 5.91 Å². The summed E-state index contributed by atoms with van der Waals surface area (Å²) in [5.41, 5.74) is 0. The molecule has 1 unspecified atom stereocenters. The van der Waals surface area contributed by atoms with Crippen LogP contribution in [0.4, 0.5) is 0 Å². The van der Waals surface area contributed by atoms with Gasteiger partial charge in [0.05, 0.1) is 19.3 Å². The fraction of sp³-hybridized carbons (Fsp3) is 0.917. The topological polar surface area (TPSA) is 42.0 Å². The molecule has 17 heavy (non-hydrogen) atoms. The maximum atomic E-state index is 12.3. The Hall–Kier alpha value is -0.650. The lowest BCUT2D eigenvalue weighted by molar-refractivity contribution is -0.137. The standard InChI is InChI=1S/C12H26N2O3/c1-6-11(13(2)3)12(15)14(7-9-16-4)8-10-17-5/h11H,6-10H2,1-5H3. The molecule has 5 nitrogen and oxygen atoms in total. The van der Waals surface area contributed by atoms with Gasteiger partial charge in [0, 0.05) is 27.3 Å². The van der Waals surface area contributed by atoms with Crippen molar-refractivity contribution in [2.75, 3.05) is 54.6 Å². The number of likely N-dealkylation sites (N-methyl/N-ethyl adjacent to an activating group) is 1. The summed E-state index contributed by atoms with van der Waals surface area (Å²) in [5.74, 6) is 0.145. The molecule has 0 spiro atoms. The number of amides is 1. The molecule has 0 aromatic heterocycles. The third-order valence-electron chi connectivity index (χ3n) is 2.74. The Balaban J connectivity index is 4.47. The van der Waals surface area contributed by atoms with Crippen molar-refractivity contribution in [3.8, 4) is 0 Å². The van der Waals surface area contributed by atoms with Crippen LogP contribution in [0, 0.1) is 0 Å². The van der Waals surface area contributed by atoms with Crippen LogP contribution >= 0.6 is 0 Å². The van der Waals surface area contributed by atoms with Crippen molar-refractivity contribution < 1.29 is 14.3 Å². The summed E-state index contributed by atoms with van der Waals surface area (Å²) in [6.07, 6.45) is 0.808. The molecule has 0 aliphatic heterocycles. The third kappa shape index (κ3) is 6.00. The van der Waals surface area contributed by atoms with Gasteiger partial charge in [0.15, 0.2) is 0 Å². The zero-order valence-electron chi connectivity index (χ0n) is 11.7. The summed E-state index contributed by atoms with van der Waals surface area (Å²) in [5, 5.41) is 0. The molecule has 0 saturated carbocycles. The van der Waals surface area contributed by atoms with E-state index in [1.807, 2.05) is 25.9 Å². The molecule has 0 bridgehead atoms. The molecule has 5 heteroatoms. The van der Waals surface area contributed by atoms with Crippen LogP contribution in [0.15, 0.2) is 0 Å². The van der Waals surface area contributed by atoms with Gasteiger partial charge in [-0.1, -0.05) is 6.92 Å². The van der Waals surface area contributed by atoms with Gasteiger partial charge in [-0.3, -0.25) is 9.69 Å². The molecule has 0 saturated heterocycles. The molecule has 0 radical (unpaired) electrons. The largest absolute Gasteiger partial charge is 0.383 e. The summed E-state index contributed by atoms with van der Waals surface area (Å²) in [4.78, 5) is 16.1. The first-order chi connectivity index (χ1) is 8.08. The first-order valence-corrected chi connectivity index (χ1v) is 6.01. The van der Waals surface area contributed by atoms with Crippen LogP contribution in [-0.2, 0) is 14.3 Å². The number of hydrogen-bond acceptors (Lipinski definition) is 4. The molecule has 0 aliphatic carbocycles. The van der Waals surface area contributed by atoms with Gasteiger partial charge in [0.1, 0.15) is 0 Å². The summed E-state index contributed by atoms with van der Waals surface area (Å²) in [6.45, 7) is 4.36. The van der Waals surface area contributed by atoms with Crippen LogP contribution in [0.5, 0.6) is 0 Å². The maximum absolute atomic E-state index is 12.3. The van der Waals surface area contributed by atoms with E-state index in [1.165, 1.54) is 0 Å². The number of carbonyl (C=O) groups excluding carboxylic acids is 1. The summed E-state index contributed by atoms with van der Waals surface area (Å²) in [6, 6.07) is -0.0660. The molecular weight excluding hydrogens is 220 g/mol. The minimum atomic E-state index is -0.0660. The van der Waals surface area contributed by atoms with Gasteiger partial charge in [-0.2, -0.15) is 0 Å². The summed E-state index contributed by atoms with van der Waals surface area (Å²) >= 11 is 0. The SMILES string of the molecule is CCC(C(=O)N(CCOC)CCOC)N(C)C. The monoisotopic (exact) mass is 246 g/mol. The van der Waals surface area contributed by atoms with Crippen molar-refractivity contribution in [2.45, 2.75) is 19.4 Å². The average Bonchev–Trinajstić information content (AvgIpc) is 2.29. The lowest BCUT2D eigenvalue weighted by Crippen LogP contribution is -2.47. The van der Waals surface area contributed by atoms with E-state index in [0.29, 0.717) is 26.3 Å². The second-order valence-corrected chi connectivity index (χ2v) is 4.20. The van der Waals surface area contributed by atoms with E-state index in [-0.39, 0.29) is 11.9 Å². The van der Waals surface area contributed by atoms with Crippen LogP contribution < -0.4 is 0 Å². The number of nitrogens with zero attached hydrogens (tertiary/aromatic N) is 2. The van der Waals surface area contributed by atoms with E-state index in [9.17, 15) is 4.79 Å². The van der Waals surface area contributed by atoms with Crippen LogP contribution in [0.25, 0.3) is 0 Å². The van der Waals surface area contributed by atoms with Gasteiger partial charge in [-0.25, -0.2) is 0 Å². The first kappa shape index (κ1) is 16.4. The second kappa shape index (κ2) is 9.39. The molecule has 0 aliphatic rings. The van der Waals surface area contributed by atoms with Crippen molar-refractivity contribution in [3.63, 3.8) is 0 Å². The molecule has 0 fully saturated rings. The smallest absolute Gasteiger partial charge is 0.240 e. The molecule has 0 N–H and O–H groups in total. The number of carbonyl (C=O) groups is 1. The maximum Gasteiger partial charge on any atom is 0.240 e. The van der Waals surface area contributed by atoms with Gasteiger partial charge in [0.25, 0.3) is 0 Å². The van der Waals surface area contributed by atoms with E-state index in [2.05, 4.69) is 0 Å². The Kier molecular flexibility index (Phi) is 9.03. The lowest BCUT2D eigenvalue weighted by atomic mass is 10.2. The summed E-state index contributed by atoms with van der Waals surface area (Å²) in [7, 11) is 7.14. The highest BCUT2D eigenvalue weighted by Crippen LogP contribution is 2.05. The Morgan fingerprint density at radius 3 is 1.88 bits per heavy atom. The fourth-order valence-corrected chi connectivity index (χ4v) is 1.71. The van der Waals surface area contributed by atoms with E-state index in [1.54, 1.807) is 19.1 Å². The molecule has 1 atom stereocenters. The van der Waals surface area contributed by atoms with E-state index < -0.39 is 0 Å². The number of rotatable bonds is 9. The van der Waals surface area contributed by atoms with Crippen molar-refractivity contribution in [2.24, 2.45) is 0 Å². The van der Waals surface area contributed by atoms with Crippen molar-refractivity contribution >= 4 is 5.91 Å². The molecular formula is C12H26N2O3. The minimum absolute atomic E-state index is 0.0660. The molecule has 0 aromatic carbocycles. The highest BCUT2D eigenvalue weighted by atomic mass is 16.5. The first-order valence-electron chi connectivity index (χ1n) is 6.01. The molecule has 102 valence electrons. The van der Waals surface area contributed by atoms with Gasteiger partial charge < -0.3 is 14.4 Å². The van der Waals surface area contributed by atoms with Crippen LogP contribution in [0.3, 0.4) is 0 Å². The molecule has 0 rings (SSSR count). The third-order valence-corrected chi connectivity index (χ3v) is 2.74. The zero-order valence-corrected chi connectivity index (χ0v) is 11.7. The number of hydrogen-bond donors (Lipinski definition) is 0. The summed E-state index contributed by atoms with van der Waals surface area (Å²) < 4.78 is 10.1. The van der Waals surface area contributed by atoms with Crippen molar-refractivity contribution in [1.29, 1.82) is 0 Å². The van der Waals surface area contributed by atoms with Crippen molar-refractivity contribution in [3.05, 3.63) is 0 Å². The zero-order chi connectivity index (χ0) is 13.3. The number of ether oxygens (including phenoxy) is 2. The van der Waals surface area contributed by atoms with Crippen LogP contribution in [-0.4, -0.2) is 76.4 Å². The van der Waals surface area contributed by atoms with Gasteiger partial charge >= 0.3 is 0 Å². The van der Waals surface area contributed by atoms with E-state index >= 15 is 0 Å². The number of methoxy groups -OCH3 is 2.